The molecule has 1 heterocycles. The summed E-state index contributed by atoms with van der Waals surface area (Å²) in [5.74, 6) is 0.645. The molecule has 84 valence electrons. The van der Waals surface area contributed by atoms with E-state index in [4.69, 9.17) is 5.73 Å². The lowest BCUT2D eigenvalue weighted by Crippen LogP contribution is -2.34. The van der Waals surface area contributed by atoms with E-state index in [0.717, 1.165) is 13.0 Å². The Hall–Kier alpha value is -1.03. The SMILES string of the molecule is CCCn1ccn(CC(N)C2CC2)c1=O. The van der Waals surface area contributed by atoms with Crippen LogP contribution in [-0.4, -0.2) is 15.2 Å². The monoisotopic (exact) mass is 209 g/mol. The maximum Gasteiger partial charge on any atom is 0.328 e. The van der Waals surface area contributed by atoms with Gasteiger partial charge in [0.05, 0.1) is 0 Å². The van der Waals surface area contributed by atoms with Gasteiger partial charge in [-0.3, -0.25) is 9.13 Å². The number of nitrogens with two attached hydrogens (primary N) is 1. The third-order valence-corrected chi connectivity index (χ3v) is 3.02. The molecule has 1 aromatic rings. The van der Waals surface area contributed by atoms with Crippen molar-refractivity contribution in [3.05, 3.63) is 22.9 Å². The van der Waals surface area contributed by atoms with Crippen LogP contribution in [0.25, 0.3) is 0 Å². The zero-order valence-corrected chi connectivity index (χ0v) is 9.22. The molecule has 15 heavy (non-hydrogen) atoms. The molecular weight excluding hydrogens is 190 g/mol. The Labute approximate surface area is 89.7 Å². The molecule has 1 saturated carbocycles. The highest BCUT2D eigenvalue weighted by atomic mass is 16.1. The predicted octanol–water partition coefficient (Wildman–Crippen LogP) is 0.797. The van der Waals surface area contributed by atoms with Crippen LogP contribution in [0.1, 0.15) is 26.2 Å². The van der Waals surface area contributed by atoms with Gasteiger partial charge in [0.15, 0.2) is 0 Å². The molecule has 1 atom stereocenters. The topological polar surface area (TPSA) is 52.9 Å². The van der Waals surface area contributed by atoms with Gasteiger partial charge in [0.25, 0.3) is 0 Å². The second kappa shape index (κ2) is 4.23. The first-order chi connectivity index (χ1) is 7.22. The number of hydrogen-bond donors (Lipinski definition) is 1. The number of imidazole rings is 1. The van der Waals surface area contributed by atoms with Crippen molar-refractivity contribution in [2.45, 2.75) is 45.3 Å². The van der Waals surface area contributed by atoms with E-state index in [1.54, 1.807) is 9.13 Å². The molecule has 1 aliphatic carbocycles. The summed E-state index contributed by atoms with van der Waals surface area (Å²) in [6, 6.07) is 0.153. The van der Waals surface area contributed by atoms with Gasteiger partial charge in [-0.25, -0.2) is 4.79 Å². The van der Waals surface area contributed by atoms with Gasteiger partial charge in [-0.05, 0) is 25.2 Å². The summed E-state index contributed by atoms with van der Waals surface area (Å²) in [7, 11) is 0. The Bertz CT molecular complexity index is 375. The Morgan fingerprint density at radius 1 is 1.47 bits per heavy atom. The predicted molar refractivity (Wildman–Crippen MR) is 59.7 cm³/mol. The quantitative estimate of drug-likeness (QED) is 0.779. The summed E-state index contributed by atoms with van der Waals surface area (Å²) < 4.78 is 3.48. The van der Waals surface area contributed by atoms with Crippen molar-refractivity contribution in [2.24, 2.45) is 11.7 Å². The molecule has 1 aromatic heterocycles. The zero-order chi connectivity index (χ0) is 10.8. The van der Waals surface area contributed by atoms with Gasteiger partial charge in [-0.1, -0.05) is 6.92 Å². The molecule has 4 nitrogen and oxygen atoms in total. The van der Waals surface area contributed by atoms with E-state index in [1.165, 1.54) is 12.8 Å². The lowest BCUT2D eigenvalue weighted by Gasteiger charge is -2.09. The standard InChI is InChI=1S/C11H19N3O/c1-2-5-13-6-7-14(11(13)15)8-10(12)9-3-4-9/h6-7,9-10H,2-5,8,12H2,1H3. The van der Waals surface area contributed by atoms with Gasteiger partial charge >= 0.3 is 5.69 Å². The first-order valence-electron chi connectivity index (χ1n) is 5.73. The highest BCUT2D eigenvalue weighted by Gasteiger charge is 2.28. The van der Waals surface area contributed by atoms with Crippen molar-refractivity contribution >= 4 is 0 Å². The van der Waals surface area contributed by atoms with E-state index in [-0.39, 0.29) is 11.7 Å². The average molecular weight is 209 g/mol. The molecule has 0 saturated heterocycles. The highest BCUT2D eigenvalue weighted by molar-refractivity contribution is 4.88. The molecule has 2 N–H and O–H groups in total. The molecule has 2 rings (SSSR count). The van der Waals surface area contributed by atoms with Crippen LogP contribution >= 0.6 is 0 Å². The molecular formula is C11H19N3O. The summed E-state index contributed by atoms with van der Waals surface area (Å²) in [5, 5.41) is 0. The molecule has 0 amide bonds. The Morgan fingerprint density at radius 2 is 2.13 bits per heavy atom. The smallest absolute Gasteiger partial charge is 0.326 e. The normalized spacial score (nSPS) is 18.0. The van der Waals surface area contributed by atoms with Crippen LogP contribution in [0.3, 0.4) is 0 Å². The van der Waals surface area contributed by atoms with Crippen molar-refractivity contribution in [2.75, 3.05) is 0 Å². The van der Waals surface area contributed by atoms with Gasteiger partial charge in [-0.15, -0.1) is 0 Å². The van der Waals surface area contributed by atoms with Crippen molar-refractivity contribution in [3.63, 3.8) is 0 Å². The molecule has 0 aliphatic heterocycles. The molecule has 1 unspecified atom stereocenters. The van der Waals surface area contributed by atoms with E-state index < -0.39 is 0 Å². The van der Waals surface area contributed by atoms with Gasteiger partial charge in [-0.2, -0.15) is 0 Å². The van der Waals surface area contributed by atoms with E-state index in [0.29, 0.717) is 12.5 Å². The van der Waals surface area contributed by atoms with Crippen molar-refractivity contribution < 1.29 is 0 Å². The average Bonchev–Trinajstić information content (AvgIpc) is 3.00. The lowest BCUT2D eigenvalue weighted by atomic mass is 10.2. The minimum absolute atomic E-state index is 0.0768. The van der Waals surface area contributed by atoms with Crippen LogP contribution in [0.2, 0.25) is 0 Å². The molecule has 4 heteroatoms. The largest absolute Gasteiger partial charge is 0.328 e. The maximum atomic E-state index is 11.8. The zero-order valence-electron chi connectivity index (χ0n) is 9.22. The number of aryl methyl sites for hydroxylation is 1. The van der Waals surface area contributed by atoms with Gasteiger partial charge in [0.2, 0.25) is 0 Å². The molecule has 1 aliphatic rings. The van der Waals surface area contributed by atoms with E-state index in [1.807, 2.05) is 12.4 Å². The first kappa shape index (κ1) is 10.5. The second-order valence-electron chi connectivity index (χ2n) is 4.43. The van der Waals surface area contributed by atoms with E-state index >= 15 is 0 Å². The van der Waals surface area contributed by atoms with Crippen LogP contribution in [0.4, 0.5) is 0 Å². The second-order valence-corrected chi connectivity index (χ2v) is 4.43. The van der Waals surface area contributed by atoms with Crippen LogP contribution in [0, 0.1) is 5.92 Å². The van der Waals surface area contributed by atoms with Gasteiger partial charge in [0, 0.05) is 31.5 Å². The Morgan fingerprint density at radius 3 is 2.73 bits per heavy atom. The number of rotatable bonds is 5. The highest BCUT2D eigenvalue weighted by Crippen LogP contribution is 2.31. The summed E-state index contributed by atoms with van der Waals surface area (Å²) in [5.41, 5.74) is 6.07. The molecule has 0 aromatic carbocycles. The molecule has 0 spiro atoms. The fraction of sp³-hybridized carbons (Fsp3) is 0.727. The molecule has 1 fully saturated rings. The summed E-state index contributed by atoms with van der Waals surface area (Å²) in [6.45, 7) is 3.53. The van der Waals surface area contributed by atoms with E-state index in [2.05, 4.69) is 6.92 Å². The van der Waals surface area contributed by atoms with Crippen LogP contribution in [-0.2, 0) is 13.1 Å². The van der Waals surface area contributed by atoms with E-state index in [9.17, 15) is 4.79 Å². The van der Waals surface area contributed by atoms with Crippen LogP contribution in [0.15, 0.2) is 17.2 Å². The summed E-state index contributed by atoms with van der Waals surface area (Å²) in [4.78, 5) is 11.8. The summed E-state index contributed by atoms with van der Waals surface area (Å²) >= 11 is 0. The Kier molecular flexibility index (Phi) is 2.95. The minimum atomic E-state index is 0.0768. The van der Waals surface area contributed by atoms with Crippen LogP contribution in [0.5, 0.6) is 0 Å². The lowest BCUT2D eigenvalue weighted by molar-refractivity contribution is 0.485. The fourth-order valence-electron chi connectivity index (χ4n) is 1.90. The van der Waals surface area contributed by atoms with Crippen molar-refractivity contribution in [3.8, 4) is 0 Å². The fourth-order valence-corrected chi connectivity index (χ4v) is 1.90. The van der Waals surface area contributed by atoms with Crippen LogP contribution < -0.4 is 11.4 Å². The molecule has 0 radical (unpaired) electrons. The third kappa shape index (κ3) is 2.31. The van der Waals surface area contributed by atoms with Gasteiger partial charge < -0.3 is 5.73 Å². The molecule has 0 bridgehead atoms. The summed E-state index contributed by atoms with van der Waals surface area (Å²) in [6.07, 6.45) is 7.14. The van der Waals surface area contributed by atoms with Crippen molar-refractivity contribution in [1.82, 2.24) is 9.13 Å². The Balaban J connectivity index is 2.04. The number of aromatic nitrogens is 2. The first-order valence-corrected chi connectivity index (χ1v) is 5.73. The van der Waals surface area contributed by atoms with Gasteiger partial charge in [0.1, 0.15) is 0 Å². The van der Waals surface area contributed by atoms with Crippen molar-refractivity contribution in [1.29, 1.82) is 0 Å². The number of nitrogens with zero attached hydrogens (tertiary/aromatic N) is 2. The maximum absolute atomic E-state index is 11.8. The minimum Gasteiger partial charge on any atom is -0.326 e. The number of hydrogen-bond acceptors (Lipinski definition) is 2. The third-order valence-electron chi connectivity index (χ3n) is 3.02.